The molecule has 1 N–H and O–H groups in total. The van der Waals surface area contributed by atoms with Gasteiger partial charge in [0.2, 0.25) is 11.8 Å². The molecule has 2 rings (SSSR count). The van der Waals surface area contributed by atoms with E-state index in [4.69, 9.17) is 14.5 Å². The first kappa shape index (κ1) is 18.8. The number of nitriles is 1. The summed E-state index contributed by atoms with van der Waals surface area (Å²) in [6, 6.07) is 3.77. The Morgan fingerprint density at radius 2 is 2.08 bits per heavy atom. The fraction of sp³-hybridized carbons (Fsp3) is 0.706. The number of carbonyl (C=O) groups is 1. The first-order valence-electron chi connectivity index (χ1n) is 8.16. The number of rotatable bonds is 6. The minimum absolute atomic E-state index is 0.128. The van der Waals surface area contributed by atoms with Gasteiger partial charge in [-0.1, -0.05) is 5.16 Å². The molecule has 1 aromatic heterocycles. The second kappa shape index (κ2) is 7.58. The highest BCUT2D eigenvalue weighted by molar-refractivity contribution is 8.01. The molecule has 132 valence electrons. The molecule has 0 unspecified atom stereocenters. The molecule has 0 aliphatic carbocycles. The van der Waals surface area contributed by atoms with E-state index in [0.29, 0.717) is 11.6 Å². The van der Waals surface area contributed by atoms with Crippen molar-refractivity contribution in [1.29, 1.82) is 5.26 Å². The molecule has 1 saturated heterocycles. The van der Waals surface area contributed by atoms with Crippen LogP contribution in [0.15, 0.2) is 10.6 Å². The standard InChI is InChI=1S/C17H25N3O3S/c1-16(2,11-18)13-9-14(23-20-13)19-15(21)17(3,4)24-10-12-5-7-22-8-6-12/h9,12H,5-8,10H2,1-4H3,(H,19,21). The average Bonchev–Trinajstić information content (AvgIpc) is 3.03. The molecule has 1 aromatic rings. The first-order valence-corrected chi connectivity index (χ1v) is 9.15. The van der Waals surface area contributed by atoms with Crippen LogP contribution in [0.3, 0.4) is 0 Å². The van der Waals surface area contributed by atoms with Crippen LogP contribution in [0.1, 0.15) is 46.2 Å². The number of nitrogens with zero attached hydrogens (tertiary/aromatic N) is 2. The van der Waals surface area contributed by atoms with E-state index in [1.807, 2.05) is 13.8 Å². The van der Waals surface area contributed by atoms with Crippen LogP contribution >= 0.6 is 11.8 Å². The Bertz CT molecular complexity index is 613. The topological polar surface area (TPSA) is 88.1 Å². The Morgan fingerprint density at radius 3 is 2.71 bits per heavy atom. The molecule has 1 amide bonds. The molecule has 0 spiro atoms. The summed E-state index contributed by atoms with van der Waals surface area (Å²) in [5.74, 6) is 1.69. The lowest BCUT2D eigenvalue weighted by Gasteiger charge is -2.27. The lowest BCUT2D eigenvalue weighted by atomic mass is 9.92. The predicted octanol–water partition coefficient (Wildman–Crippen LogP) is 3.35. The Labute approximate surface area is 147 Å². The molecule has 0 aromatic carbocycles. The lowest BCUT2D eigenvalue weighted by molar-refractivity contribution is -0.117. The highest BCUT2D eigenvalue weighted by Crippen LogP contribution is 2.31. The number of thioether (sulfide) groups is 1. The molecule has 6 nitrogen and oxygen atoms in total. The van der Waals surface area contributed by atoms with E-state index in [-0.39, 0.29) is 11.8 Å². The van der Waals surface area contributed by atoms with Crippen LogP contribution in [0, 0.1) is 17.2 Å². The number of ether oxygens (including phenoxy) is 1. The largest absolute Gasteiger partial charge is 0.381 e. The van der Waals surface area contributed by atoms with Crippen LogP contribution < -0.4 is 5.32 Å². The number of hydrogen-bond acceptors (Lipinski definition) is 6. The van der Waals surface area contributed by atoms with Crippen molar-refractivity contribution in [3.63, 3.8) is 0 Å². The van der Waals surface area contributed by atoms with Crippen molar-refractivity contribution in [1.82, 2.24) is 5.16 Å². The number of carbonyl (C=O) groups excluding carboxylic acids is 1. The van der Waals surface area contributed by atoms with Crippen molar-refractivity contribution >= 4 is 23.6 Å². The first-order chi connectivity index (χ1) is 11.2. The van der Waals surface area contributed by atoms with E-state index in [9.17, 15) is 4.79 Å². The van der Waals surface area contributed by atoms with E-state index in [1.54, 1.807) is 31.7 Å². The Hall–Kier alpha value is -1.52. The Morgan fingerprint density at radius 1 is 1.42 bits per heavy atom. The minimum Gasteiger partial charge on any atom is -0.381 e. The summed E-state index contributed by atoms with van der Waals surface area (Å²) in [5.41, 5.74) is -0.243. The zero-order valence-corrected chi connectivity index (χ0v) is 15.5. The highest BCUT2D eigenvalue weighted by Gasteiger charge is 2.31. The van der Waals surface area contributed by atoms with Gasteiger partial charge in [0.1, 0.15) is 5.69 Å². The van der Waals surface area contributed by atoms with Gasteiger partial charge in [0, 0.05) is 19.3 Å². The average molecular weight is 351 g/mol. The van der Waals surface area contributed by atoms with Gasteiger partial charge in [-0.15, -0.1) is 11.8 Å². The molecule has 0 radical (unpaired) electrons. The van der Waals surface area contributed by atoms with Gasteiger partial charge in [-0.3, -0.25) is 10.1 Å². The molecular weight excluding hydrogens is 326 g/mol. The second-order valence-corrected chi connectivity index (χ2v) is 8.79. The van der Waals surface area contributed by atoms with E-state index in [1.165, 1.54) is 0 Å². The van der Waals surface area contributed by atoms with Crippen molar-refractivity contribution in [2.75, 3.05) is 24.3 Å². The summed E-state index contributed by atoms with van der Waals surface area (Å²) in [6.07, 6.45) is 2.11. The van der Waals surface area contributed by atoms with Gasteiger partial charge < -0.3 is 9.26 Å². The molecule has 0 bridgehead atoms. The molecule has 1 aliphatic rings. The van der Waals surface area contributed by atoms with Gasteiger partial charge in [-0.25, -0.2) is 0 Å². The highest BCUT2D eigenvalue weighted by atomic mass is 32.2. The van der Waals surface area contributed by atoms with Crippen LogP contribution in [-0.4, -0.2) is 34.8 Å². The molecule has 0 saturated carbocycles. The monoisotopic (exact) mass is 351 g/mol. The van der Waals surface area contributed by atoms with Crippen LogP contribution in [0.5, 0.6) is 0 Å². The number of aromatic nitrogens is 1. The summed E-state index contributed by atoms with van der Waals surface area (Å²) in [7, 11) is 0. The molecule has 2 heterocycles. The van der Waals surface area contributed by atoms with Crippen molar-refractivity contribution in [3.8, 4) is 6.07 Å². The maximum Gasteiger partial charge on any atom is 0.242 e. The predicted molar refractivity (Wildman–Crippen MR) is 93.9 cm³/mol. The van der Waals surface area contributed by atoms with Crippen LogP contribution in [0.2, 0.25) is 0 Å². The Kier molecular flexibility index (Phi) is 5.94. The molecule has 7 heteroatoms. The van der Waals surface area contributed by atoms with E-state index >= 15 is 0 Å². The van der Waals surface area contributed by atoms with Gasteiger partial charge in [0.05, 0.1) is 16.2 Å². The quantitative estimate of drug-likeness (QED) is 0.845. The summed E-state index contributed by atoms with van der Waals surface area (Å²) in [4.78, 5) is 12.5. The SMILES string of the molecule is CC(C)(SCC1CCOCC1)C(=O)Nc1cc(C(C)(C)C#N)no1. The van der Waals surface area contributed by atoms with Crippen LogP contribution in [0.4, 0.5) is 5.88 Å². The fourth-order valence-corrected chi connectivity index (χ4v) is 3.42. The summed E-state index contributed by atoms with van der Waals surface area (Å²) in [6.45, 7) is 8.95. The number of nitrogens with one attached hydrogen (secondary N) is 1. The summed E-state index contributed by atoms with van der Waals surface area (Å²) in [5, 5.41) is 15.8. The van der Waals surface area contributed by atoms with E-state index in [2.05, 4.69) is 16.5 Å². The van der Waals surface area contributed by atoms with Gasteiger partial charge >= 0.3 is 0 Å². The molecule has 0 atom stereocenters. The van der Waals surface area contributed by atoms with Crippen molar-refractivity contribution in [2.45, 2.75) is 50.7 Å². The molecular formula is C17H25N3O3S. The van der Waals surface area contributed by atoms with Gasteiger partial charge in [-0.05, 0) is 52.2 Å². The second-order valence-electron chi connectivity index (χ2n) is 7.14. The normalized spacial score (nSPS) is 16.6. The van der Waals surface area contributed by atoms with Crippen molar-refractivity contribution in [3.05, 3.63) is 11.8 Å². The zero-order chi connectivity index (χ0) is 17.8. The van der Waals surface area contributed by atoms with Crippen LogP contribution in [0.25, 0.3) is 0 Å². The van der Waals surface area contributed by atoms with Crippen LogP contribution in [-0.2, 0) is 14.9 Å². The number of amides is 1. The van der Waals surface area contributed by atoms with E-state index < -0.39 is 10.2 Å². The smallest absolute Gasteiger partial charge is 0.242 e. The third-order valence-electron chi connectivity index (χ3n) is 4.23. The lowest BCUT2D eigenvalue weighted by Crippen LogP contribution is -2.35. The third kappa shape index (κ3) is 4.74. The van der Waals surface area contributed by atoms with E-state index in [0.717, 1.165) is 31.8 Å². The molecule has 1 fully saturated rings. The molecule has 24 heavy (non-hydrogen) atoms. The summed E-state index contributed by atoms with van der Waals surface area (Å²) >= 11 is 1.65. The zero-order valence-electron chi connectivity index (χ0n) is 14.7. The maximum atomic E-state index is 12.5. The van der Waals surface area contributed by atoms with Crippen molar-refractivity contribution < 1.29 is 14.1 Å². The molecule has 1 aliphatic heterocycles. The number of hydrogen-bond donors (Lipinski definition) is 1. The van der Waals surface area contributed by atoms with Gasteiger partial charge in [0.15, 0.2) is 0 Å². The minimum atomic E-state index is -0.750. The van der Waals surface area contributed by atoms with Gasteiger partial charge in [-0.2, -0.15) is 5.26 Å². The van der Waals surface area contributed by atoms with Crippen molar-refractivity contribution in [2.24, 2.45) is 5.92 Å². The third-order valence-corrected chi connectivity index (χ3v) is 5.78. The Balaban J connectivity index is 1.91. The van der Waals surface area contributed by atoms with Gasteiger partial charge in [0.25, 0.3) is 0 Å². The maximum absolute atomic E-state index is 12.5. The summed E-state index contributed by atoms with van der Waals surface area (Å²) < 4.78 is 9.95. The fourth-order valence-electron chi connectivity index (χ4n) is 2.25. The number of anilines is 1.